The van der Waals surface area contributed by atoms with Gasteiger partial charge in [0.25, 0.3) is 17.7 Å². The summed E-state index contributed by atoms with van der Waals surface area (Å²) < 4.78 is 3.76. The van der Waals surface area contributed by atoms with Crippen molar-refractivity contribution in [3.05, 3.63) is 75.5 Å². The van der Waals surface area contributed by atoms with E-state index in [4.69, 9.17) is 0 Å². The largest absolute Gasteiger partial charge is 0.313 e. The maximum Gasteiger partial charge on any atom is 0.268 e. The first-order valence-corrected chi connectivity index (χ1v) is 10.0. The van der Waals surface area contributed by atoms with Gasteiger partial charge in [0, 0.05) is 11.0 Å². The third kappa shape index (κ3) is 3.14. The SMILES string of the molecule is C=CCn1c(=NC(=O)CN2C(=O)c3ccccc3C2=O)sc2cc(Br)ccc21. The molecule has 6 nitrogen and oxygen atoms in total. The number of carbonyl (C=O) groups excluding carboxylic acids is 3. The predicted molar refractivity (Wildman–Crippen MR) is 110 cm³/mol. The molecule has 0 N–H and O–H groups in total. The zero-order chi connectivity index (χ0) is 19.8. The number of amides is 3. The number of nitrogens with zero attached hydrogens (tertiary/aromatic N) is 3. The van der Waals surface area contributed by atoms with Crippen molar-refractivity contribution in [2.75, 3.05) is 6.54 Å². The van der Waals surface area contributed by atoms with Gasteiger partial charge in [0.2, 0.25) is 0 Å². The molecule has 2 aromatic carbocycles. The number of carbonyl (C=O) groups is 3. The van der Waals surface area contributed by atoms with E-state index in [1.165, 1.54) is 11.3 Å². The first-order valence-electron chi connectivity index (χ1n) is 8.42. The van der Waals surface area contributed by atoms with Crippen molar-refractivity contribution >= 4 is 55.2 Å². The molecule has 0 radical (unpaired) electrons. The Balaban J connectivity index is 1.68. The van der Waals surface area contributed by atoms with Gasteiger partial charge in [-0.05, 0) is 30.3 Å². The van der Waals surface area contributed by atoms with E-state index in [9.17, 15) is 14.4 Å². The van der Waals surface area contributed by atoms with Crippen LogP contribution in [0.5, 0.6) is 0 Å². The Hall–Kier alpha value is -2.84. The van der Waals surface area contributed by atoms with Crippen LogP contribution in [0, 0.1) is 0 Å². The zero-order valence-electron chi connectivity index (χ0n) is 14.6. The fraction of sp³-hybridized carbons (Fsp3) is 0.100. The van der Waals surface area contributed by atoms with Gasteiger partial charge in [0.1, 0.15) is 6.54 Å². The van der Waals surface area contributed by atoms with Gasteiger partial charge in [-0.1, -0.05) is 45.5 Å². The van der Waals surface area contributed by atoms with E-state index in [0.717, 1.165) is 19.6 Å². The molecule has 140 valence electrons. The molecule has 28 heavy (non-hydrogen) atoms. The maximum absolute atomic E-state index is 12.6. The Morgan fingerprint density at radius 3 is 2.46 bits per heavy atom. The van der Waals surface area contributed by atoms with E-state index in [-0.39, 0.29) is 0 Å². The number of thiazole rings is 1. The second-order valence-corrected chi connectivity index (χ2v) is 8.07. The van der Waals surface area contributed by atoms with Gasteiger partial charge in [-0.2, -0.15) is 4.99 Å². The van der Waals surface area contributed by atoms with Gasteiger partial charge in [-0.3, -0.25) is 19.3 Å². The lowest BCUT2D eigenvalue weighted by Crippen LogP contribution is -2.35. The fourth-order valence-electron chi connectivity index (χ4n) is 3.10. The summed E-state index contributed by atoms with van der Waals surface area (Å²) in [6.07, 6.45) is 1.72. The van der Waals surface area contributed by atoms with Gasteiger partial charge in [0.05, 0.1) is 21.3 Å². The summed E-state index contributed by atoms with van der Waals surface area (Å²) in [5, 5.41) is 0. The van der Waals surface area contributed by atoms with Gasteiger partial charge in [-0.15, -0.1) is 6.58 Å². The van der Waals surface area contributed by atoms with Gasteiger partial charge >= 0.3 is 0 Å². The van der Waals surface area contributed by atoms with Crippen LogP contribution in [0.1, 0.15) is 20.7 Å². The molecule has 1 aliphatic heterocycles. The van der Waals surface area contributed by atoms with Gasteiger partial charge in [0.15, 0.2) is 4.80 Å². The number of aromatic nitrogens is 1. The number of hydrogen-bond donors (Lipinski definition) is 0. The van der Waals surface area contributed by atoms with Crippen LogP contribution in [-0.2, 0) is 11.3 Å². The summed E-state index contributed by atoms with van der Waals surface area (Å²) in [5.74, 6) is -1.50. The number of benzene rings is 2. The van der Waals surface area contributed by atoms with Crippen molar-refractivity contribution in [3.8, 4) is 0 Å². The highest BCUT2D eigenvalue weighted by molar-refractivity contribution is 9.10. The highest BCUT2D eigenvalue weighted by atomic mass is 79.9. The summed E-state index contributed by atoms with van der Waals surface area (Å²) in [6.45, 7) is 3.85. The van der Waals surface area contributed by atoms with Crippen molar-refractivity contribution in [1.82, 2.24) is 9.47 Å². The predicted octanol–water partition coefficient (Wildman–Crippen LogP) is 3.37. The lowest BCUT2D eigenvalue weighted by molar-refractivity contribution is -0.118. The molecule has 0 unspecified atom stereocenters. The molecule has 1 aliphatic rings. The molecule has 0 bridgehead atoms. The minimum atomic E-state index is -0.557. The van der Waals surface area contributed by atoms with Crippen LogP contribution < -0.4 is 4.80 Å². The summed E-state index contributed by atoms with van der Waals surface area (Å²) in [7, 11) is 0. The molecule has 0 saturated heterocycles. The lowest BCUT2D eigenvalue weighted by atomic mass is 10.1. The first-order chi connectivity index (χ1) is 13.5. The molecular formula is C20H14BrN3O3S. The van der Waals surface area contributed by atoms with Gasteiger partial charge in [-0.25, -0.2) is 0 Å². The average molecular weight is 456 g/mol. The molecule has 8 heteroatoms. The highest BCUT2D eigenvalue weighted by Crippen LogP contribution is 2.23. The Kier molecular flexibility index (Phi) is 4.82. The number of rotatable bonds is 4. The van der Waals surface area contributed by atoms with Crippen LogP contribution >= 0.6 is 27.3 Å². The third-order valence-electron chi connectivity index (χ3n) is 4.35. The Morgan fingerprint density at radius 1 is 1.14 bits per heavy atom. The molecule has 1 aromatic heterocycles. The molecule has 0 saturated carbocycles. The van der Waals surface area contributed by atoms with E-state index < -0.39 is 24.3 Å². The number of fused-ring (bicyclic) bond motifs is 2. The monoisotopic (exact) mass is 455 g/mol. The number of hydrogen-bond acceptors (Lipinski definition) is 4. The molecule has 4 rings (SSSR count). The number of imide groups is 1. The van der Waals surface area contributed by atoms with Crippen molar-refractivity contribution < 1.29 is 14.4 Å². The second kappa shape index (κ2) is 7.29. The van der Waals surface area contributed by atoms with Crippen LogP contribution in [0.25, 0.3) is 10.2 Å². The Morgan fingerprint density at radius 2 is 1.82 bits per heavy atom. The van der Waals surface area contributed by atoms with Crippen LogP contribution in [0.4, 0.5) is 0 Å². The highest BCUT2D eigenvalue weighted by Gasteiger charge is 2.36. The molecule has 0 atom stereocenters. The summed E-state index contributed by atoms with van der Waals surface area (Å²) >= 11 is 4.80. The van der Waals surface area contributed by atoms with Crippen LogP contribution in [-0.4, -0.2) is 33.7 Å². The maximum atomic E-state index is 12.6. The van der Waals surface area contributed by atoms with Crippen LogP contribution in [0.15, 0.2) is 64.6 Å². The zero-order valence-corrected chi connectivity index (χ0v) is 17.0. The van der Waals surface area contributed by atoms with E-state index in [1.807, 2.05) is 22.8 Å². The molecule has 0 aliphatic carbocycles. The summed E-state index contributed by atoms with van der Waals surface area (Å²) in [6, 6.07) is 12.3. The van der Waals surface area contributed by atoms with E-state index in [2.05, 4.69) is 27.5 Å². The summed E-state index contributed by atoms with van der Waals surface area (Å²) in [5.41, 5.74) is 1.56. The van der Waals surface area contributed by atoms with E-state index in [1.54, 1.807) is 30.3 Å². The Labute approximate surface area is 172 Å². The quantitative estimate of drug-likeness (QED) is 0.447. The average Bonchev–Trinajstić information content (AvgIpc) is 3.12. The summed E-state index contributed by atoms with van der Waals surface area (Å²) in [4.78, 5) is 43.0. The third-order valence-corrected chi connectivity index (χ3v) is 5.88. The lowest BCUT2D eigenvalue weighted by Gasteiger charge is -2.10. The smallest absolute Gasteiger partial charge is 0.268 e. The normalized spacial score (nSPS) is 14.0. The van der Waals surface area contributed by atoms with Crippen LogP contribution in [0.2, 0.25) is 0 Å². The second-order valence-electron chi connectivity index (χ2n) is 6.14. The van der Waals surface area contributed by atoms with Gasteiger partial charge < -0.3 is 4.57 Å². The van der Waals surface area contributed by atoms with Crippen molar-refractivity contribution in [2.45, 2.75) is 6.54 Å². The molecule has 0 fully saturated rings. The molecule has 3 aromatic rings. The first kappa shape index (κ1) is 18.5. The topological polar surface area (TPSA) is 71.7 Å². The minimum Gasteiger partial charge on any atom is -0.313 e. The number of halogens is 1. The van der Waals surface area contributed by atoms with E-state index in [0.29, 0.717) is 22.5 Å². The standard InChI is InChI=1S/C20H14BrN3O3S/c1-2-9-23-15-8-7-12(21)10-16(15)28-20(23)22-17(25)11-24-18(26)13-5-3-4-6-14(13)19(24)27/h2-8,10H,1,9,11H2. The molecule has 0 spiro atoms. The van der Waals surface area contributed by atoms with Crippen molar-refractivity contribution in [3.63, 3.8) is 0 Å². The molecule has 3 amide bonds. The van der Waals surface area contributed by atoms with Crippen molar-refractivity contribution in [2.24, 2.45) is 4.99 Å². The van der Waals surface area contributed by atoms with Crippen molar-refractivity contribution in [1.29, 1.82) is 0 Å². The fourth-order valence-corrected chi connectivity index (χ4v) is 4.71. The molecular weight excluding hydrogens is 442 g/mol. The minimum absolute atomic E-state index is 0.314. The number of allylic oxidation sites excluding steroid dienone is 1. The Bertz CT molecular complexity index is 1190. The van der Waals surface area contributed by atoms with E-state index >= 15 is 0 Å². The molecule has 2 heterocycles. The van der Waals surface area contributed by atoms with Crippen LogP contribution in [0.3, 0.4) is 0 Å².